The van der Waals surface area contributed by atoms with Crippen LogP contribution in [0.5, 0.6) is 5.75 Å². The minimum Gasteiger partial charge on any atom is -0.494 e. The van der Waals surface area contributed by atoms with Crippen molar-refractivity contribution < 1.29 is 9.53 Å². The number of hydrogen-bond acceptors (Lipinski definition) is 5. The summed E-state index contributed by atoms with van der Waals surface area (Å²) in [6.45, 7) is 7.38. The zero-order chi connectivity index (χ0) is 18.9. The van der Waals surface area contributed by atoms with Crippen molar-refractivity contribution in [3.8, 4) is 17.1 Å². The second-order valence-corrected chi connectivity index (χ2v) is 6.52. The summed E-state index contributed by atoms with van der Waals surface area (Å²) in [7, 11) is 0. The minimum absolute atomic E-state index is 0.0911. The zero-order valence-corrected chi connectivity index (χ0v) is 15.5. The van der Waals surface area contributed by atoms with Gasteiger partial charge < -0.3 is 15.0 Å². The number of amides is 1. The first-order valence-corrected chi connectivity index (χ1v) is 8.95. The Morgan fingerprint density at radius 2 is 1.96 bits per heavy atom. The molecule has 1 aromatic heterocycles. The molecule has 140 valence electrons. The average molecular weight is 358 g/mol. The van der Waals surface area contributed by atoms with Crippen LogP contribution in [-0.2, 0) is 11.2 Å². The normalized spacial score (nSPS) is 10.8. The quantitative estimate of drug-likeness (QED) is 0.717. The molecule has 0 fully saturated rings. The molecule has 0 saturated heterocycles. The molecule has 0 saturated carbocycles. The fourth-order valence-electron chi connectivity index (χ4n) is 2.22. The molecule has 7 heteroatoms. The van der Waals surface area contributed by atoms with Crippen LogP contribution in [0.25, 0.3) is 11.4 Å². The van der Waals surface area contributed by atoms with Crippen LogP contribution < -0.4 is 15.6 Å². The fourth-order valence-corrected chi connectivity index (χ4v) is 2.22. The Bertz CT molecular complexity index is 769. The molecule has 1 amide bonds. The Balaban J connectivity index is 1.98. The molecule has 0 radical (unpaired) electrons. The lowest BCUT2D eigenvalue weighted by molar-refractivity contribution is -0.121. The van der Waals surface area contributed by atoms with Gasteiger partial charge in [0.2, 0.25) is 5.91 Å². The number of H-pyrrole nitrogens is 1. The van der Waals surface area contributed by atoms with Gasteiger partial charge in [0.05, 0.1) is 6.61 Å². The molecule has 0 aliphatic rings. The van der Waals surface area contributed by atoms with Gasteiger partial charge in [-0.2, -0.15) is 0 Å². The fraction of sp³-hybridized carbons (Fsp3) is 0.474. The van der Waals surface area contributed by atoms with Gasteiger partial charge in [-0.1, -0.05) is 20.8 Å². The average Bonchev–Trinajstić information content (AvgIpc) is 2.64. The maximum Gasteiger partial charge on any atom is 0.273 e. The molecule has 0 bridgehead atoms. The SMILES string of the molecule is CCCOc1ccc(-c2nnc(CCC(=O)NCC(C)C)c(=O)[nH]2)cc1. The summed E-state index contributed by atoms with van der Waals surface area (Å²) in [6, 6.07) is 7.31. The van der Waals surface area contributed by atoms with E-state index >= 15 is 0 Å². The van der Waals surface area contributed by atoms with Gasteiger partial charge in [-0.3, -0.25) is 9.59 Å². The highest BCUT2D eigenvalue weighted by Gasteiger charge is 2.10. The zero-order valence-electron chi connectivity index (χ0n) is 15.5. The molecule has 1 heterocycles. The maximum absolute atomic E-state index is 12.2. The summed E-state index contributed by atoms with van der Waals surface area (Å²) in [5.74, 6) is 1.46. The van der Waals surface area contributed by atoms with E-state index in [1.807, 2.05) is 45.0 Å². The molecule has 1 aromatic carbocycles. The number of nitrogens with one attached hydrogen (secondary N) is 2. The lowest BCUT2D eigenvalue weighted by Crippen LogP contribution is -2.28. The van der Waals surface area contributed by atoms with Gasteiger partial charge in [0, 0.05) is 24.9 Å². The van der Waals surface area contributed by atoms with Gasteiger partial charge in [0.1, 0.15) is 11.4 Å². The highest BCUT2D eigenvalue weighted by molar-refractivity contribution is 5.76. The third kappa shape index (κ3) is 5.98. The number of carbonyl (C=O) groups is 1. The van der Waals surface area contributed by atoms with Crippen LogP contribution >= 0.6 is 0 Å². The van der Waals surface area contributed by atoms with Crippen molar-refractivity contribution in [2.45, 2.75) is 40.0 Å². The lowest BCUT2D eigenvalue weighted by Gasteiger charge is -2.07. The Morgan fingerprint density at radius 1 is 1.23 bits per heavy atom. The summed E-state index contributed by atoms with van der Waals surface area (Å²) in [5, 5.41) is 10.9. The number of benzene rings is 1. The molecule has 7 nitrogen and oxygen atoms in total. The van der Waals surface area contributed by atoms with Gasteiger partial charge in [0.25, 0.3) is 5.56 Å². The highest BCUT2D eigenvalue weighted by Crippen LogP contribution is 2.18. The van der Waals surface area contributed by atoms with Crippen molar-refractivity contribution in [1.29, 1.82) is 0 Å². The molecule has 0 aliphatic heterocycles. The van der Waals surface area contributed by atoms with Crippen molar-refractivity contribution in [3.05, 3.63) is 40.3 Å². The van der Waals surface area contributed by atoms with E-state index in [1.54, 1.807) is 0 Å². The first-order chi connectivity index (χ1) is 12.5. The van der Waals surface area contributed by atoms with Crippen LogP contribution in [0.1, 0.15) is 39.3 Å². The highest BCUT2D eigenvalue weighted by atomic mass is 16.5. The number of rotatable bonds is 9. The Morgan fingerprint density at radius 3 is 2.58 bits per heavy atom. The van der Waals surface area contributed by atoms with Crippen molar-refractivity contribution in [2.75, 3.05) is 13.2 Å². The van der Waals surface area contributed by atoms with Crippen molar-refractivity contribution in [3.63, 3.8) is 0 Å². The summed E-state index contributed by atoms with van der Waals surface area (Å²) in [4.78, 5) is 26.7. The molecule has 0 spiro atoms. The summed E-state index contributed by atoms with van der Waals surface area (Å²) in [5.41, 5.74) is 0.689. The molecule has 0 aliphatic carbocycles. The lowest BCUT2D eigenvalue weighted by atomic mass is 10.2. The number of aromatic amines is 1. The van der Waals surface area contributed by atoms with E-state index in [4.69, 9.17) is 4.74 Å². The molecule has 2 aromatic rings. The van der Waals surface area contributed by atoms with Gasteiger partial charge in [-0.15, -0.1) is 10.2 Å². The Labute approximate surface area is 153 Å². The van der Waals surface area contributed by atoms with Crippen molar-refractivity contribution in [1.82, 2.24) is 20.5 Å². The predicted octanol–water partition coefficient (Wildman–Crippen LogP) is 2.33. The number of aryl methyl sites for hydroxylation is 1. The van der Waals surface area contributed by atoms with Crippen LogP contribution in [0.4, 0.5) is 0 Å². The largest absolute Gasteiger partial charge is 0.494 e. The van der Waals surface area contributed by atoms with E-state index in [2.05, 4.69) is 20.5 Å². The van der Waals surface area contributed by atoms with E-state index in [0.717, 1.165) is 17.7 Å². The summed E-state index contributed by atoms with van der Waals surface area (Å²) in [6.07, 6.45) is 1.42. The molecular weight excluding hydrogens is 332 g/mol. The van der Waals surface area contributed by atoms with Gasteiger partial charge in [-0.05, 0) is 36.6 Å². The number of nitrogens with zero attached hydrogens (tertiary/aromatic N) is 2. The first kappa shape index (κ1) is 19.6. The third-order valence-corrected chi connectivity index (χ3v) is 3.66. The number of carbonyl (C=O) groups excluding carboxylic acids is 1. The topological polar surface area (TPSA) is 97.0 Å². The van der Waals surface area contributed by atoms with Crippen LogP contribution in [0, 0.1) is 5.92 Å². The predicted molar refractivity (Wildman–Crippen MR) is 100 cm³/mol. The standard InChI is InChI=1S/C19H26N4O3/c1-4-11-26-15-7-5-14(6-8-15)18-21-19(25)16(22-23-18)9-10-17(24)20-12-13(2)3/h5-8,13H,4,9-12H2,1-3H3,(H,20,24)(H,21,23,25). The number of aromatic nitrogens is 3. The third-order valence-electron chi connectivity index (χ3n) is 3.66. The Hall–Kier alpha value is -2.70. The molecule has 2 rings (SSSR count). The first-order valence-electron chi connectivity index (χ1n) is 8.95. The second-order valence-electron chi connectivity index (χ2n) is 6.52. The maximum atomic E-state index is 12.2. The van der Waals surface area contributed by atoms with Crippen LogP contribution in [0.2, 0.25) is 0 Å². The van der Waals surface area contributed by atoms with Crippen LogP contribution in [-0.4, -0.2) is 34.2 Å². The monoisotopic (exact) mass is 358 g/mol. The van der Waals surface area contributed by atoms with E-state index < -0.39 is 0 Å². The summed E-state index contributed by atoms with van der Waals surface area (Å²) >= 11 is 0. The smallest absolute Gasteiger partial charge is 0.273 e. The van der Waals surface area contributed by atoms with Gasteiger partial charge in [0.15, 0.2) is 5.82 Å². The van der Waals surface area contributed by atoms with E-state index in [0.29, 0.717) is 24.9 Å². The molecule has 0 atom stereocenters. The van der Waals surface area contributed by atoms with Crippen molar-refractivity contribution >= 4 is 5.91 Å². The molecule has 2 N–H and O–H groups in total. The second kappa shape index (κ2) is 9.70. The molecule has 0 unspecified atom stereocenters. The van der Waals surface area contributed by atoms with Crippen LogP contribution in [0.15, 0.2) is 29.1 Å². The summed E-state index contributed by atoms with van der Waals surface area (Å²) < 4.78 is 5.53. The minimum atomic E-state index is -0.321. The van der Waals surface area contributed by atoms with E-state index in [1.165, 1.54) is 0 Å². The molecular formula is C19H26N4O3. The van der Waals surface area contributed by atoms with E-state index in [-0.39, 0.29) is 30.0 Å². The van der Waals surface area contributed by atoms with Gasteiger partial charge in [-0.25, -0.2) is 0 Å². The molecule has 26 heavy (non-hydrogen) atoms. The van der Waals surface area contributed by atoms with Crippen molar-refractivity contribution in [2.24, 2.45) is 5.92 Å². The van der Waals surface area contributed by atoms with Gasteiger partial charge >= 0.3 is 0 Å². The number of hydrogen-bond donors (Lipinski definition) is 2. The Kier molecular flexibility index (Phi) is 7.32. The van der Waals surface area contributed by atoms with Crippen LogP contribution in [0.3, 0.4) is 0 Å². The number of ether oxygens (including phenoxy) is 1. The van der Waals surface area contributed by atoms with E-state index in [9.17, 15) is 9.59 Å².